The molecular formula is C20H33ClNO+. The van der Waals surface area contributed by atoms with Crippen molar-refractivity contribution in [3.8, 4) is 0 Å². The van der Waals surface area contributed by atoms with Gasteiger partial charge in [-0.05, 0) is 24.3 Å². The van der Waals surface area contributed by atoms with Gasteiger partial charge in [-0.1, -0.05) is 49.6 Å². The molecule has 1 heterocycles. The van der Waals surface area contributed by atoms with Gasteiger partial charge in [0.2, 0.25) is 0 Å². The second-order valence-electron chi connectivity index (χ2n) is 7.87. The zero-order valence-electron chi connectivity index (χ0n) is 14.5. The predicted octanol–water partition coefficient (Wildman–Crippen LogP) is 4.51. The van der Waals surface area contributed by atoms with Crippen molar-refractivity contribution in [3.05, 3.63) is 35.9 Å². The number of hydrogen-bond acceptors (Lipinski definition) is 1. The fourth-order valence-corrected chi connectivity index (χ4v) is 4.65. The highest BCUT2D eigenvalue weighted by Crippen LogP contribution is 2.42. The van der Waals surface area contributed by atoms with Gasteiger partial charge in [0.1, 0.15) is 0 Å². The van der Waals surface area contributed by atoms with E-state index in [4.69, 9.17) is 0 Å². The first-order valence-corrected chi connectivity index (χ1v) is 9.24. The average molecular weight is 339 g/mol. The van der Waals surface area contributed by atoms with E-state index in [9.17, 15) is 5.11 Å². The van der Waals surface area contributed by atoms with Gasteiger partial charge in [0.15, 0.2) is 0 Å². The van der Waals surface area contributed by atoms with Crippen molar-refractivity contribution in [2.75, 3.05) is 26.7 Å². The predicted molar refractivity (Wildman–Crippen MR) is 98.8 cm³/mol. The molecule has 0 spiro atoms. The number of rotatable bonds is 5. The normalized spacial score (nSPS) is 23.9. The van der Waals surface area contributed by atoms with E-state index in [1.807, 2.05) is 0 Å². The Morgan fingerprint density at radius 3 is 2.22 bits per heavy atom. The lowest BCUT2D eigenvalue weighted by molar-refractivity contribution is -0.898. The average Bonchev–Trinajstić information content (AvgIpc) is 3.01. The molecule has 2 aliphatic rings. The van der Waals surface area contributed by atoms with Crippen molar-refractivity contribution in [2.24, 2.45) is 5.92 Å². The lowest BCUT2D eigenvalue weighted by Gasteiger charge is -2.41. The molecule has 1 aromatic rings. The summed E-state index contributed by atoms with van der Waals surface area (Å²) in [6.07, 6.45) is 9.91. The van der Waals surface area contributed by atoms with Crippen molar-refractivity contribution in [1.29, 1.82) is 0 Å². The molecule has 1 N–H and O–H groups in total. The highest BCUT2D eigenvalue weighted by molar-refractivity contribution is 5.85. The fourth-order valence-electron chi connectivity index (χ4n) is 4.65. The molecule has 1 atom stereocenters. The Balaban J connectivity index is 0.00000192. The number of quaternary nitrogens is 1. The summed E-state index contributed by atoms with van der Waals surface area (Å²) in [5, 5.41) is 11.7. The molecule has 0 amide bonds. The third kappa shape index (κ3) is 4.29. The molecule has 1 aromatic carbocycles. The monoisotopic (exact) mass is 338 g/mol. The van der Waals surface area contributed by atoms with E-state index in [0.717, 1.165) is 23.0 Å². The minimum Gasteiger partial charge on any atom is -0.385 e. The molecule has 1 aliphatic heterocycles. The van der Waals surface area contributed by atoms with Gasteiger partial charge < -0.3 is 9.59 Å². The number of hydrogen-bond donors (Lipinski definition) is 1. The Hall–Kier alpha value is -0.570. The zero-order valence-corrected chi connectivity index (χ0v) is 15.4. The first-order chi connectivity index (χ1) is 10.6. The van der Waals surface area contributed by atoms with Crippen LogP contribution in [0.25, 0.3) is 0 Å². The molecule has 0 radical (unpaired) electrons. The number of halogens is 1. The van der Waals surface area contributed by atoms with Crippen LogP contribution in [0.1, 0.15) is 56.9 Å². The second kappa shape index (κ2) is 8.00. The Bertz CT molecular complexity index is 466. The Kier molecular flexibility index (Phi) is 6.53. The van der Waals surface area contributed by atoms with Gasteiger partial charge in [0.25, 0.3) is 0 Å². The van der Waals surface area contributed by atoms with Crippen LogP contribution in [0.4, 0.5) is 0 Å². The third-order valence-corrected chi connectivity index (χ3v) is 6.23. The quantitative estimate of drug-likeness (QED) is 0.783. The Morgan fingerprint density at radius 2 is 1.61 bits per heavy atom. The fraction of sp³-hybridized carbons (Fsp3) is 0.700. The molecule has 130 valence electrons. The number of benzene rings is 1. The molecule has 2 fully saturated rings. The van der Waals surface area contributed by atoms with E-state index in [-0.39, 0.29) is 12.4 Å². The van der Waals surface area contributed by atoms with Gasteiger partial charge in [0.05, 0.1) is 32.3 Å². The van der Waals surface area contributed by atoms with Gasteiger partial charge in [-0.3, -0.25) is 0 Å². The molecular weight excluding hydrogens is 306 g/mol. The van der Waals surface area contributed by atoms with Crippen LogP contribution in [0.2, 0.25) is 0 Å². The number of likely N-dealkylation sites (tertiary alicyclic amines) is 1. The number of nitrogens with zero attached hydrogens (tertiary/aromatic N) is 1. The summed E-state index contributed by atoms with van der Waals surface area (Å²) in [4.78, 5) is 0. The summed E-state index contributed by atoms with van der Waals surface area (Å²) in [7, 11) is 2.37. The van der Waals surface area contributed by atoms with Crippen LogP contribution in [-0.4, -0.2) is 36.3 Å². The SMILES string of the molecule is C[N+]1(CCC(O)(c2ccccc2)C2CCCCC2)CCCC1.Cl. The van der Waals surface area contributed by atoms with Crippen molar-refractivity contribution in [1.82, 2.24) is 0 Å². The van der Waals surface area contributed by atoms with Crippen LogP contribution >= 0.6 is 12.4 Å². The van der Waals surface area contributed by atoms with Crippen LogP contribution in [0.15, 0.2) is 30.3 Å². The lowest BCUT2D eigenvalue weighted by Crippen LogP contribution is -2.46. The largest absolute Gasteiger partial charge is 0.385 e. The number of aliphatic hydroxyl groups is 1. The van der Waals surface area contributed by atoms with Gasteiger partial charge in [0, 0.05) is 19.3 Å². The van der Waals surface area contributed by atoms with E-state index in [2.05, 4.69) is 37.4 Å². The van der Waals surface area contributed by atoms with Crippen LogP contribution in [0.3, 0.4) is 0 Å². The molecule has 0 bridgehead atoms. The second-order valence-corrected chi connectivity index (χ2v) is 7.87. The summed E-state index contributed by atoms with van der Waals surface area (Å²) in [6.45, 7) is 3.69. The van der Waals surface area contributed by atoms with Gasteiger partial charge in [-0.25, -0.2) is 0 Å². The minimum absolute atomic E-state index is 0. The maximum absolute atomic E-state index is 11.7. The maximum atomic E-state index is 11.7. The van der Waals surface area contributed by atoms with Crippen molar-refractivity contribution >= 4 is 12.4 Å². The van der Waals surface area contributed by atoms with Gasteiger partial charge >= 0.3 is 0 Å². The third-order valence-electron chi connectivity index (χ3n) is 6.23. The van der Waals surface area contributed by atoms with Gasteiger partial charge in [-0.2, -0.15) is 0 Å². The molecule has 1 unspecified atom stereocenters. The van der Waals surface area contributed by atoms with Crippen LogP contribution in [-0.2, 0) is 5.60 Å². The van der Waals surface area contributed by atoms with Gasteiger partial charge in [-0.15, -0.1) is 12.4 Å². The topological polar surface area (TPSA) is 20.2 Å². The molecule has 3 rings (SSSR count). The maximum Gasteiger partial charge on any atom is 0.0978 e. The van der Waals surface area contributed by atoms with Crippen LogP contribution in [0.5, 0.6) is 0 Å². The summed E-state index contributed by atoms with van der Waals surface area (Å²) in [5.74, 6) is 0.442. The highest BCUT2D eigenvalue weighted by atomic mass is 35.5. The van der Waals surface area contributed by atoms with E-state index < -0.39 is 5.60 Å². The first kappa shape index (κ1) is 18.8. The smallest absolute Gasteiger partial charge is 0.0978 e. The molecule has 0 aromatic heterocycles. The molecule has 3 heteroatoms. The Labute approximate surface area is 147 Å². The van der Waals surface area contributed by atoms with Crippen molar-refractivity contribution in [2.45, 2.75) is 57.0 Å². The molecule has 23 heavy (non-hydrogen) atoms. The molecule has 1 saturated heterocycles. The van der Waals surface area contributed by atoms with E-state index in [0.29, 0.717) is 5.92 Å². The van der Waals surface area contributed by atoms with Crippen molar-refractivity contribution in [3.63, 3.8) is 0 Å². The van der Waals surface area contributed by atoms with E-state index in [1.54, 1.807) is 0 Å². The molecule has 2 nitrogen and oxygen atoms in total. The standard InChI is InChI=1S/C20H32NO.ClH/c1-21(15-8-9-16-21)17-14-20(22,18-10-4-2-5-11-18)19-12-6-3-7-13-19;/h2,4-5,10-11,19,22H,3,6-9,12-17H2,1H3;1H/q+1;. The Morgan fingerprint density at radius 1 is 1.00 bits per heavy atom. The van der Waals surface area contributed by atoms with E-state index >= 15 is 0 Å². The lowest BCUT2D eigenvalue weighted by atomic mass is 9.71. The highest BCUT2D eigenvalue weighted by Gasteiger charge is 2.41. The van der Waals surface area contributed by atoms with E-state index in [1.165, 1.54) is 58.0 Å². The summed E-state index contributed by atoms with van der Waals surface area (Å²) < 4.78 is 1.15. The van der Waals surface area contributed by atoms with Crippen LogP contribution in [0, 0.1) is 5.92 Å². The zero-order chi connectivity index (χ0) is 15.5. The molecule has 1 aliphatic carbocycles. The summed E-state index contributed by atoms with van der Waals surface area (Å²) in [6, 6.07) is 10.5. The first-order valence-electron chi connectivity index (χ1n) is 9.24. The summed E-state index contributed by atoms with van der Waals surface area (Å²) in [5.41, 5.74) is 0.527. The summed E-state index contributed by atoms with van der Waals surface area (Å²) >= 11 is 0. The molecule has 1 saturated carbocycles. The van der Waals surface area contributed by atoms with Crippen LogP contribution < -0.4 is 0 Å². The minimum atomic E-state index is -0.620. The van der Waals surface area contributed by atoms with Crippen molar-refractivity contribution < 1.29 is 9.59 Å².